The maximum absolute atomic E-state index is 12.2. The van der Waals surface area contributed by atoms with Crippen LogP contribution < -0.4 is 10.6 Å². The summed E-state index contributed by atoms with van der Waals surface area (Å²) < 4.78 is 0. The summed E-state index contributed by atoms with van der Waals surface area (Å²) >= 11 is 0. The number of carbonyl (C=O) groups is 2. The maximum atomic E-state index is 12.2. The molecule has 0 aliphatic heterocycles. The summed E-state index contributed by atoms with van der Waals surface area (Å²) in [5.41, 5.74) is 2.74. The molecule has 2 aromatic carbocycles. The van der Waals surface area contributed by atoms with Crippen LogP contribution in [0, 0.1) is 12.8 Å². The number of amides is 2. The van der Waals surface area contributed by atoms with Crippen LogP contribution in [-0.2, 0) is 11.3 Å². The first kappa shape index (κ1) is 16.1. The third kappa shape index (κ3) is 3.93. The Hall–Kier alpha value is -2.82. The molecule has 1 aliphatic rings. The molecular formula is C19H20N2O3. The Labute approximate surface area is 140 Å². The van der Waals surface area contributed by atoms with Crippen LogP contribution >= 0.6 is 0 Å². The van der Waals surface area contributed by atoms with Crippen LogP contribution in [0.3, 0.4) is 0 Å². The lowest BCUT2D eigenvalue weighted by atomic mass is 10.1. The number of aryl methyl sites for hydroxylation is 1. The zero-order valence-corrected chi connectivity index (χ0v) is 13.5. The predicted molar refractivity (Wildman–Crippen MR) is 91.8 cm³/mol. The van der Waals surface area contributed by atoms with Crippen LogP contribution in [0.15, 0.2) is 42.5 Å². The number of nitrogens with one attached hydrogen (secondary N) is 2. The minimum absolute atomic E-state index is 0.0442. The number of hydrogen-bond acceptors (Lipinski definition) is 3. The van der Waals surface area contributed by atoms with E-state index in [2.05, 4.69) is 10.6 Å². The minimum atomic E-state index is -0.289. The largest absolute Gasteiger partial charge is 0.506 e. The lowest BCUT2D eigenvalue weighted by Crippen LogP contribution is -2.24. The molecule has 0 bridgehead atoms. The smallest absolute Gasteiger partial charge is 0.255 e. The summed E-state index contributed by atoms with van der Waals surface area (Å²) in [4.78, 5) is 23.8. The van der Waals surface area contributed by atoms with Crippen molar-refractivity contribution in [2.45, 2.75) is 26.3 Å². The molecular weight excluding hydrogens is 304 g/mol. The van der Waals surface area contributed by atoms with E-state index < -0.39 is 0 Å². The highest BCUT2D eigenvalue weighted by molar-refractivity contribution is 6.05. The number of benzene rings is 2. The highest BCUT2D eigenvalue weighted by atomic mass is 16.3. The van der Waals surface area contributed by atoms with Crippen LogP contribution in [0.2, 0.25) is 0 Å². The van der Waals surface area contributed by atoms with Crippen LogP contribution in [-0.4, -0.2) is 16.9 Å². The van der Waals surface area contributed by atoms with Gasteiger partial charge in [0.15, 0.2) is 0 Å². The minimum Gasteiger partial charge on any atom is -0.506 e. The average Bonchev–Trinajstić information content (AvgIpc) is 3.40. The van der Waals surface area contributed by atoms with Crippen molar-refractivity contribution in [2.24, 2.45) is 5.92 Å². The molecule has 0 radical (unpaired) electrons. The number of phenols is 1. The number of rotatable bonds is 5. The van der Waals surface area contributed by atoms with E-state index in [0.717, 1.165) is 24.0 Å². The number of phenolic OH excluding ortho intramolecular Hbond substituents is 1. The summed E-state index contributed by atoms with van der Waals surface area (Å²) in [5, 5.41) is 15.4. The van der Waals surface area contributed by atoms with Crippen molar-refractivity contribution in [3.8, 4) is 5.75 Å². The topological polar surface area (TPSA) is 78.4 Å². The van der Waals surface area contributed by atoms with E-state index in [4.69, 9.17) is 0 Å². The Morgan fingerprint density at radius 2 is 1.83 bits per heavy atom. The summed E-state index contributed by atoms with van der Waals surface area (Å²) in [7, 11) is 0. The molecule has 0 atom stereocenters. The van der Waals surface area contributed by atoms with E-state index in [1.165, 1.54) is 0 Å². The summed E-state index contributed by atoms with van der Waals surface area (Å²) in [5.74, 6) is 0.0504. The van der Waals surface area contributed by atoms with E-state index in [-0.39, 0.29) is 23.5 Å². The fourth-order valence-corrected chi connectivity index (χ4v) is 2.39. The maximum Gasteiger partial charge on any atom is 0.255 e. The molecule has 3 rings (SSSR count). The summed E-state index contributed by atoms with van der Waals surface area (Å²) in [6.07, 6.45) is 1.97. The molecule has 5 nitrogen and oxygen atoms in total. The molecule has 124 valence electrons. The third-order valence-electron chi connectivity index (χ3n) is 4.03. The fourth-order valence-electron chi connectivity index (χ4n) is 2.39. The second-order valence-corrected chi connectivity index (χ2v) is 6.16. The second kappa shape index (κ2) is 6.74. The molecule has 1 aliphatic carbocycles. The summed E-state index contributed by atoms with van der Waals surface area (Å²) in [6, 6.07) is 12.1. The molecule has 24 heavy (non-hydrogen) atoms. The van der Waals surface area contributed by atoms with Crippen molar-refractivity contribution in [3.05, 3.63) is 59.2 Å². The van der Waals surface area contributed by atoms with E-state index >= 15 is 0 Å². The van der Waals surface area contributed by atoms with E-state index in [0.29, 0.717) is 17.8 Å². The van der Waals surface area contributed by atoms with Crippen molar-refractivity contribution in [1.82, 2.24) is 5.32 Å². The molecule has 2 amide bonds. The van der Waals surface area contributed by atoms with Gasteiger partial charge in [0.1, 0.15) is 5.75 Å². The number of hydrogen-bond donors (Lipinski definition) is 3. The van der Waals surface area contributed by atoms with Gasteiger partial charge in [-0.1, -0.05) is 18.2 Å². The summed E-state index contributed by atoms with van der Waals surface area (Å²) in [6.45, 7) is 2.34. The van der Waals surface area contributed by atoms with Crippen LogP contribution in [0.4, 0.5) is 5.69 Å². The second-order valence-electron chi connectivity index (χ2n) is 6.16. The predicted octanol–water partition coefficient (Wildman–Crippen LogP) is 2.98. The van der Waals surface area contributed by atoms with Crippen molar-refractivity contribution in [1.29, 1.82) is 0 Å². The monoisotopic (exact) mass is 324 g/mol. The van der Waals surface area contributed by atoms with Crippen LogP contribution in [0.25, 0.3) is 0 Å². The molecule has 0 spiro atoms. The van der Waals surface area contributed by atoms with Gasteiger partial charge in [-0.3, -0.25) is 9.59 Å². The quantitative estimate of drug-likeness (QED) is 0.740. The molecule has 1 fully saturated rings. The van der Waals surface area contributed by atoms with Crippen molar-refractivity contribution in [3.63, 3.8) is 0 Å². The first-order chi connectivity index (χ1) is 11.5. The highest BCUT2D eigenvalue weighted by Crippen LogP contribution is 2.28. The molecule has 3 N–H and O–H groups in total. The Morgan fingerprint density at radius 3 is 2.46 bits per heavy atom. The first-order valence-corrected chi connectivity index (χ1v) is 8.00. The van der Waals surface area contributed by atoms with E-state index in [9.17, 15) is 14.7 Å². The molecule has 0 unspecified atom stereocenters. The van der Waals surface area contributed by atoms with Gasteiger partial charge in [-0.15, -0.1) is 0 Å². The molecule has 0 aromatic heterocycles. The van der Waals surface area contributed by atoms with Crippen LogP contribution in [0.5, 0.6) is 5.75 Å². The molecule has 0 heterocycles. The van der Waals surface area contributed by atoms with Gasteiger partial charge < -0.3 is 15.7 Å². The van der Waals surface area contributed by atoms with Gasteiger partial charge in [0.2, 0.25) is 5.91 Å². The van der Waals surface area contributed by atoms with Crippen molar-refractivity contribution >= 4 is 17.5 Å². The van der Waals surface area contributed by atoms with E-state index in [1.807, 2.05) is 25.1 Å². The molecule has 5 heteroatoms. The van der Waals surface area contributed by atoms with E-state index in [1.54, 1.807) is 24.3 Å². The van der Waals surface area contributed by atoms with Gasteiger partial charge in [0.05, 0.1) is 5.69 Å². The highest BCUT2D eigenvalue weighted by Gasteiger charge is 2.29. The molecule has 0 saturated heterocycles. The first-order valence-electron chi connectivity index (χ1n) is 8.00. The Kier molecular flexibility index (Phi) is 4.51. The normalized spacial score (nSPS) is 13.4. The SMILES string of the molecule is Cc1ccc(NC(=O)c2ccc(CNC(=O)C3CC3)cc2)c(O)c1. The van der Waals surface area contributed by atoms with Gasteiger partial charge in [-0.25, -0.2) is 0 Å². The fraction of sp³-hybridized carbons (Fsp3) is 0.263. The van der Waals surface area contributed by atoms with Crippen molar-refractivity contribution < 1.29 is 14.7 Å². The number of aromatic hydroxyl groups is 1. The lowest BCUT2D eigenvalue weighted by molar-refractivity contribution is -0.122. The van der Waals surface area contributed by atoms with Crippen LogP contribution in [0.1, 0.15) is 34.3 Å². The zero-order chi connectivity index (χ0) is 17.1. The average molecular weight is 324 g/mol. The van der Waals surface area contributed by atoms with Gasteiger partial charge >= 0.3 is 0 Å². The van der Waals surface area contributed by atoms with Gasteiger partial charge in [0, 0.05) is 18.0 Å². The lowest BCUT2D eigenvalue weighted by Gasteiger charge is -2.09. The van der Waals surface area contributed by atoms with Gasteiger partial charge in [0.25, 0.3) is 5.91 Å². The third-order valence-corrected chi connectivity index (χ3v) is 4.03. The zero-order valence-electron chi connectivity index (χ0n) is 13.5. The number of anilines is 1. The molecule has 1 saturated carbocycles. The Bertz CT molecular complexity index is 765. The van der Waals surface area contributed by atoms with Gasteiger partial charge in [-0.2, -0.15) is 0 Å². The Morgan fingerprint density at radius 1 is 1.12 bits per heavy atom. The Balaban J connectivity index is 1.59. The number of carbonyl (C=O) groups excluding carboxylic acids is 2. The standard InChI is InChI=1S/C19H20N2O3/c1-12-2-9-16(17(22)10-12)21-19(24)15-5-3-13(4-6-15)11-20-18(23)14-7-8-14/h2-6,9-10,14,22H,7-8,11H2,1H3,(H,20,23)(H,21,24). The molecule has 2 aromatic rings. The van der Waals surface area contributed by atoms with Gasteiger partial charge in [-0.05, 0) is 55.2 Å². The van der Waals surface area contributed by atoms with Crippen molar-refractivity contribution in [2.75, 3.05) is 5.32 Å².